The number of fused-ring (bicyclic) bond motifs is 1. The van der Waals surface area contributed by atoms with E-state index in [1.165, 1.54) is 16.7 Å². The number of alkyl halides is 1. The van der Waals surface area contributed by atoms with Crippen molar-refractivity contribution >= 4 is 51.9 Å². The number of thioether (sulfide) groups is 1. The molecule has 2 saturated heterocycles. The number of benzene rings is 1. The van der Waals surface area contributed by atoms with Gasteiger partial charge in [0, 0.05) is 53.6 Å². The summed E-state index contributed by atoms with van der Waals surface area (Å²) in [6, 6.07) is 10.3. The van der Waals surface area contributed by atoms with E-state index in [-0.39, 0.29) is 48.3 Å². The predicted molar refractivity (Wildman–Crippen MR) is 180 cm³/mol. The Morgan fingerprint density at radius 2 is 1.87 bits per heavy atom. The Bertz CT molecular complexity index is 1610. The van der Waals surface area contributed by atoms with Crippen LogP contribution < -0.4 is 5.32 Å². The summed E-state index contributed by atoms with van der Waals surface area (Å²) in [4.78, 5) is 44.4. The Balaban J connectivity index is 1.25. The highest BCUT2D eigenvalue weighted by atomic mass is 35.5. The highest BCUT2D eigenvalue weighted by molar-refractivity contribution is 8.18. The number of amides is 2. The fourth-order valence-electron chi connectivity index (χ4n) is 7.58. The van der Waals surface area contributed by atoms with E-state index in [1.807, 2.05) is 35.2 Å². The van der Waals surface area contributed by atoms with Gasteiger partial charge in [-0.25, -0.2) is 14.4 Å². The summed E-state index contributed by atoms with van der Waals surface area (Å²) in [5, 5.41) is 5.32. The molecule has 3 fully saturated rings. The minimum absolute atomic E-state index is 0.0204. The zero-order valence-electron chi connectivity index (χ0n) is 26.5. The maximum Gasteiger partial charge on any atom is 0.263 e. The summed E-state index contributed by atoms with van der Waals surface area (Å²) in [5.41, 5.74) is 1.90. The van der Waals surface area contributed by atoms with Crippen molar-refractivity contribution in [2.45, 2.75) is 88.8 Å². The van der Waals surface area contributed by atoms with Crippen LogP contribution in [0.1, 0.15) is 70.5 Å². The monoisotopic (exact) mass is 684 g/mol. The number of pyridine rings is 1. The predicted octanol–water partition coefficient (Wildman–Crippen LogP) is 6.31. The lowest BCUT2D eigenvalue weighted by Gasteiger charge is -2.42. The molecule has 7 rings (SSSR count). The maximum absolute atomic E-state index is 15.2. The highest BCUT2D eigenvalue weighted by Crippen LogP contribution is 2.56. The van der Waals surface area contributed by atoms with Crippen LogP contribution in [-0.4, -0.2) is 80.1 Å². The van der Waals surface area contributed by atoms with E-state index >= 15 is 4.39 Å². The van der Waals surface area contributed by atoms with Crippen LogP contribution in [0.15, 0.2) is 58.2 Å². The number of nitrogens with zero attached hydrogens (tertiary/aromatic N) is 5. The number of carbonyl (C=O) groups is 2. The van der Waals surface area contributed by atoms with E-state index in [4.69, 9.17) is 28.2 Å². The number of piperazine rings is 1. The molecule has 1 spiro atoms. The molecule has 1 aromatic heterocycles. The largest absolute Gasteiger partial charge is 0.335 e. The molecule has 1 aromatic carbocycles. The van der Waals surface area contributed by atoms with Crippen molar-refractivity contribution in [1.29, 1.82) is 0 Å². The van der Waals surface area contributed by atoms with Crippen molar-refractivity contribution in [3.63, 3.8) is 0 Å². The van der Waals surface area contributed by atoms with E-state index in [2.05, 4.69) is 42.9 Å². The number of aromatic nitrogens is 1. The van der Waals surface area contributed by atoms with E-state index in [0.29, 0.717) is 26.8 Å². The first-order valence-corrected chi connectivity index (χ1v) is 17.7. The average molecular weight is 686 g/mol. The molecule has 46 heavy (non-hydrogen) atoms. The molecule has 5 aliphatic rings. The van der Waals surface area contributed by atoms with E-state index in [0.717, 1.165) is 42.6 Å². The molecule has 244 valence electrons. The fourth-order valence-corrected chi connectivity index (χ4v) is 9.18. The third kappa shape index (κ3) is 5.33. The van der Waals surface area contributed by atoms with Crippen LogP contribution in [0.2, 0.25) is 10.2 Å². The maximum atomic E-state index is 15.2. The number of likely N-dealkylation sites (tertiary alicyclic amines) is 1. The number of nitrogens with one attached hydrogen (secondary N) is 1. The Kier molecular flexibility index (Phi) is 8.18. The zero-order valence-corrected chi connectivity index (χ0v) is 28.8. The minimum Gasteiger partial charge on any atom is -0.335 e. The molecule has 5 heterocycles. The molecule has 1 saturated carbocycles. The Morgan fingerprint density at radius 1 is 1.13 bits per heavy atom. The van der Waals surface area contributed by atoms with Gasteiger partial charge in [-0.05, 0) is 67.6 Å². The van der Waals surface area contributed by atoms with Gasteiger partial charge in [0.1, 0.15) is 27.8 Å². The number of halogens is 3. The third-order valence-corrected chi connectivity index (χ3v) is 11.8. The SMILES string of the molecule is CC[C@@H]1CNC2(CC2)CN1C(=O)[C@@H]1C[C@@H](F)CN1C(=O)C1=C(C(C)C)N2C(=N[C@@](C)(c3ccc(Cl)nc3)[C@H]2c2ccc(Cl)cc2)S1. The minimum atomic E-state index is -1.26. The smallest absolute Gasteiger partial charge is 0.263 e. The molecule has 2 aromatic rings. The Labute approximate surface area is 283 Å². The van der Waals surface area contributed by atoms with Gasteiger partial charge in [-0.1, -0.05) is 62.2 Å². The van der Waals surface area contributed by atoms with Gasteiger partial charge in [0.05, 0.1) is 12.6 Å². The number of carbonyl (C=O) groups excluding carboxylic acids is 2. The van der Waals surface area contributed by atoms with Crippen molar-refractivity contribution < 1.29 is 14.0 Å². The molecule has 0 radical (unpaired) electrons. The number of hydrogen-bond acceptors (Lipinski definition) is 7. The van der Waals surface area contributed by atoms with Crippen molar-refractivity contribution in [1.82, 2.24) is 25.0 Å². The number of rotatable bonds is 6. The van der Waals surface area contributed by atoms with Crippen LogP contribution in [0.4, 0.5) is 4.39 Å². The van der Waals surface area contributed by atoms with Crippen molar-refractivity contribution in [3.8, 4) is 0 Å². The molecule has 2 amide bonds. The first-order chi connectivity index (χ1) is 21.9. The molecule has 0 unspecified atom stereocenters. The zero-order chi connectivity index (χ0) is 32.5. The molecular formula is C34H39Cl2FN6O2S. The molecule has 0 bridgehead atoms. The highest BCUT2D eigenvalue weighted by Gasteiger charge is 2.55. The van der Waals surface area contributed by atoms with Gasteiger partial charge in [-0.15, -0.1) is 0 Å². The van der Waals surface area contributed by atoms with E-state index in [9.17, 15) is 9.59 Å². The van der Waals surface area contributed by atoms with E-state index < -0.39 is 17.8 Å². The summed E-state index contributed by atoms with van der Waals surface area (Å²) in [5.74, 6) is -0.509. The summed E-state index contributed by atoms with van der Waals surface area (Å²) >= 11 is 13.8. The second-order valence-corrected chi connectivity index (χ2v) is 15.5. The lowest BCUT2D eigenvalue weighted by Crippen LogP contribution is -2.62. The number of allylic oxidation sites excluding steroid dienone is 1. The first kappa shape index (κ1) is 31.9. The van der Waals surface area contributed by atoms with Gasteiger partial charge in [0.2, 0.25) is 5.91 Å². The van der Waals surface area contributed by atoms with Crippen LogP contribution in [0.3, 0.4) is 0 Å². The van der Waals surface area contributed by atoms with Crippen LogP contribution in [0.5, 0.6) is 0 Å². The number of amidine groups is 1. The fraction of sp³-hybridized carbons (Fsp3) is 0.529. The van der Waals surface area contributed by atoms with Crippen LogP contribution in [0.25, 0.3) is 0 Å². The lowest BCUT2D eigenvalue weighted by atomic mass is 9.81. The summed E-state index contributed by atoms with van der Waals surface area (Å²) in [6.07, 6.45) is 3.38. The topological polar surface area (TPSA) is 81.1 Å². The van der Waals surface area contributed by atoms with Crippen LogP contribution in [0, 0.1) is 5.92 Å². The third-order valence-electron chi connectivity index (χ3n) is 10.3. The standard InChI is InChI=1S/C34H39Cl2FN6O2S/c1-5-24-16-39-34(12-13-34)18-42(24)30(44)25-14-23(37)17-41(25)31(45)28-27(19(2)3)43-29(20-6-9-22(35)10-7-20)33(4,40-32(43)46-28)21-8-11-26(36)38-15-21/h6-11,15,19,23-25,29,39H,5,12-14,16-18H2,1-4H3/t23-,24-,25+,29-,33+/m1/s1. The average Bonchev–Trinajstić information content (AvgIpc) is 3.35. The molecule has 12 heteroatoms. The summed E-state index contributed by atoms with van der Waals surface area (Å²) in [6.45, 7) is 9.48. The first-order valence-electron chi connectivity index (χ1n) is 16.1. The van der Waals surface area contributed by atoms with E-state index in [1.54, 1.807) is 12.3 Å². The van der Waals surface area contributed by atoms with Crippen LogP contribution in [-0.2, 0) is 15.1 Å². The second kappa shape index (κ2) is 11.8. The Hall–Kier alpha value is -2.66. The molecule has 4 aliphatic heterocycles. The normalized spacial score (nSPS) is 30.0. The van der Waals surface area contributed by atoms with Gasteiger partial charge in [0.15, 0.2) is 5.17 Å². The summed E-state index contributed by atoms with van der Waals surface area (Å²) in [7, 11) is 0. The molecule has 1 aliphatic carbocycles. The lowest BCUT2D eigenvalue weighted by molar-refractivity contribution is -0.145. The van der Waals surface area contributed by atoms with Crippen molar-refractivity contribution in [3.05, 3.63) is 74.5 Å². The van der Waals surface area contributed by atoms with Gasteiger partial charge in [0.25, 0.3) is 5.91 Å². The number of hydrogen-bond donors (Lipinski definition) is 1. The van der Waals surface area contributed by atoms with Gasteiger partial charge in [-0.3, -0.25) is 9.59 Å². The van der Waals surface area contributed by atoms with Gasteiger partial charge >= 0.3 is 0 Å². The molecular weight excluding hydrogens is 646 g/mol. The molecule has 1 N–H and O–H groups in total. The van der Waals surface area contributed by atoms with Crippen LogP contribution >= 0.6 is 35.0 Å². The Morgan fingerprint density at radius 3 is 2.50 bits per heavy atom. The number of aliphatic imine (C=N–C) groups is 1. The second-order valence-electron chi connectivity index (χ2n) is 13.7. The van der Waals surface area contributed by atoms with Gasteiger partial charge < -0.3 is 20.0 Å². The summed E-state index contributed by atoms with van der Waals surface area (Å²) < 4.78 is 15.2. The molecule has 8 nitrogen and oxygen atoms in total. The van der Waals surface area contributed by atoms with Crippen molar-refractivity contribution in [2.24, 2.45) is 10.9 Å². The quantitative estimate of drug-likeness (QED) is 0.359. The van der Waals surface area contributed by atoms with Crippen molar-refractivity contribution in [2.75, 3.05) is 19.6 Å². The van der Waals surface area contributed by atoms with Gasteiger partial charge in [-0.2, -0.15) is 0 Å². The molecule has 5 atom stereocenters.